The summed E-state index contributed by atoms with van der Waals surface area (Å²) in [5.74, 6) is -0.245. The third-order valence-electron chi connectivity index (χ3n) is 3.74. The fraction of sp³-hybridized carbons (Fsp3) is 0.312. The molecule has 0 saturated heterocycles. The minimum Gasteiger partial charge on any atom is -0.464 e. The zero-order valence-electron chi connectivity index (χ0n) is 11.1. The summed E-state index contributed by atoms with van der Waals surface area (Å²) in [6, 6.07) is 12.2. The minimum atomic E-state index is -0.245. The number of rotatable bonds is 3. The first kappa shape index (κ1) is 12.0. The highest BCUT2D eigenvalue weighted by molar-refractivity contribution is 5.88. The first-order valence-corrected chi connectivity index (χ1v) is 6.63. The van der Waals surface area contributed by atoms with Crippen molar-refractivity contribution in [2.24, 2.45) is 0 Å². The van der Waals surface area contributed by atoms with Crippen molar-refractivity contribution in [3.05, 3.63) is 58.9 Å². The summed E-state index contributed by atoms with van der Waals surface area (Å²) in [4.78, 5) is 11.9. The Kier molecular flexibility index (Phi) is 3.11. The number of fused-ring (bicyclic) bond motifs is 1. The number of methoxy groups -OCH3 is 1. The van der Waals surface area contributed by atoms with Gasteiger partial charge in [-0.3, -0.25) is 0 Å². The quantitative estimate of drug-likeness (QED) is 0.790. The van der Waals surface area contributed by atoms with E-state index in [4.69, 9.17) is 4.74 Å². The summed E-state index contributed by atoms with van der Waals surface area (Å²) in [5.41, 5.74) is 4.48. The van der Waals surface area contributed by atoms with Crippen LogP contribution in [0.4, 0.5) is 0 Å². The molecule has 1 aliphatic rings. The van der Waals surface area contributed by atoms with Crippen LogP contribution < -0.4 is 0 Å². The maximum atomic E-state index is 11.9. The monoisotopic (exact) mass is 255 g/mol. The van der Waals surface area contributed by atoms with E-state index in [-0.39, 0.29) is 5.97 Å². The molecule has 0 amide bonds. The van der Waals surface area contributed by atoms with E-state index in [1.165, 1.54) is 30.4 Å². The van der Waals surface area contributed by atoms with Crippen LogP contribution in [-0.4, -0.2) is 17.6 Å². The van der Waals surface area contributed by atoms with Crippen molar-refractivity contribution >= 4 is 5.97 Å². The Morgan fingerprint density at radius 1 is 1.26 bits per heavy atom. The zero-order chi connectivity index (χ0) is 13.2. The van der Waals surface area contributed by atoms with Crippen LogP contribution in [0.3, 0.4) is 0 Å². The van der Waals surface area contributed by atoms with E-state index in [1.54, 1.807) is 0 Å². The molecule has 0 spiro atoms. The van der Waals surface area contributed by atoms with Crippen molar-refractivity contribution in [2.45, 2.75) is 25.8 Å². The number of benzene rings is 1. The lowest BCUT2D eigenvalue weighted by Crippen LogP contribution is -2.13. The SMILES string of the molecule is COC(=O)c1cc2c(n1Cc1ccccc1)CCC2. The molecule has 0 N–H and O–H groups in total. The maximum absolute atomic E-state index is 11.9. The van der Waals surface area contributed by atoms with Gasteiger partial charge in [-0.05, 0) is 36.5 Å². The Labute approximate surface area is 112 Å². The molecular weight excluding hydrogens is 238 g/mol. The van der Waals surface area contributed by atoms with Gasteiger partial charge >= 0.3 is 5.97 Å². The van der Waals surface area contributed by atoms with Gasteiger partial charge in [0, 0.05) is 12.2 Å². The van der Waals surface area contributed by atoms with E-state index in [9.17, 15) is 4.79 Å². The second kappa shape index (κ2) is 4.92. The summed E-state index contributed by atoms with van der Waals surface area (Å²) in [6.45, 7) is 0.737. The lowest BCUT2D eigenvalue weighted by molar-refractivity contribution is 0.0588. The van der Waals surface area contributed by atoms with Crippen LogP contribution in [0.15, 0.2) is 36.4 Å². The molecule has 3 nitrogen and oxygen atoms in total. The summed E-state index contributed by atoms with van der Waals surface area (Å²) < 4.78 is 7.01. The van der Waals surface area contributed by atoms with Crippen LogP contribution in [0.25, 0.3) is 0 Å². The van der Waals surface area contributed by atoms with E-state index in [0.29, 0.717) is 5.69 Å². The summed E-state index contributed by atoms with van der Waals surface area (Å²) in [6.07, 6.45) is 3.31. The Morgan fingerprint density at radius 3 is 2.79 bits per heavy atom. The number of carbonyl (C=O) groups excluding carboxylic acids is 1. The van der Waals surface area contributed by atoms with Crippen LogP contribution >= 0.6 is 0 Å². The minimum absolute atomic E-state index is 0.245. The van der Waals surface area contributed by atoms with Crippen molar-refractivity contribution in [2.75, 3.05) is 7.11 Å². The molecule has 0 atom stereocenters. The van der Waals surface area contributed by atoms with Crippen molar-refractivity contribution in [3.8, 4) is 0 Å². The van der Waals surface area contributed by atoms with E-state index in [1.807, 2.05) is 24.3 Å². The summed E-state index contributed by atoms with van der Waals surface area (Å²) in [5, 5.41) is 0. The first-order valence-electron chi connectivity index (χ1n) is 6.63. The number of carbonyl (C=O) groups is 1. The highest BCUT2D eigenvalue weighted by atomic mass is 16.5. The molecule has 1 aromatic carbocycles. The second-order valence-corrected chi connectivity index (χ2v) is 4.92. The largest absolute Gasteiger partial charge is 0.464 e. The average molecular weight is 255 g/mol. The zero-order valence-corrected chi connectivity index (χ0v) is 11.1. The number of hydrogen-bond donors (Lipinski definition) is 0. The van der Waals surface area contributed by atoms with Gasteiger partial charge in [-0.1, -0.05) is 30.3 Å². The molecule has 3 rings (SSSR count). The standard InChI is InChI=1S/C16H17NO2/c1-19-16(18)15-10-13-8-5-9-14(13)17(15)11-12-6-3-2-4-7-12/h2-4,6-7,10H,5,8-9,11H2,1H3. The summed E-state index contributed by atoms with van der Waals surface area (Å²) in [7, 11) is 1.44. The van der Waals surface area contributed by atoms with Crippen LogP contribution in [0.5, 0.6) is 0 Å². The van der Waals surface area contributed by atoms with Crippen molar-refractivity contribution < 1.29 is 9.53 Å². The average Bonchev–Trinajstić information content (AvgIpc) is 3.02. The van der Waals surface area contributed by atoms with Gasteiger partial charge in [0.15, 0.2) is 0 Å². The number of hydrogen-bond acceptors (Lipinski definition) is 2. The third-order valence-corrected chi connectivity index (χ3v) is 3.74. The fourth-order valence-electron chi connectivity index (χ4n) is 2.82. The van der Waals surface area contributed by atoms with Gasteiger partial charge in [0.25, 0.3) is 0 Å². The number of aromatic nitrogens is 1. The predicted octanol–water partition coefficient (Wildman–Crippen LogP) is 2.81. The van der Waals surface area contributed by atoms with Gasteiger partial charge in [0.2, 0.25) is 0 Å². The molecule has 0 unspecified atom stereocenters. The Balaban J connectivity index is 2.01. The predicted molar refractivity (Wildman–Crippen MR) is 73.3 cm³/mol. The molecule has 0 radical (unpaired) electrons. The molecule has 98 valence electrons. The van der Waals surface area contributed by atoms with Crippen LogP contribution in [0, 0.1) is 0 Å². The molecule has 0 aliphatic heterocycles. The van der Waals surface area contributed by atoms with Gasteiger partial charge in [-0.15, -0.1) is 0 Å². The van der Waals surface area contributed by atoms with Crippen LogP contribution in [0.1, 0.15) is 33.7 Å². The molecule has 0 bridgehead atoms. The lowest BCUT2D eigenvalue weighted by Gasteiger charge is -2.11. The number of aryl methyl sites for hydroxylation is 1. The first-order chi connectivity index (χ1) is 9.29. The van der Waals surface area contributed by atoms with E-state index < -0.39 is 0 Å². The van der Waals surface area contributed by atoms with Gasteiger partial charge < -0.3 is 9.30 Å². The molecule has 2 aromatic rings. The number of ether oxygens (including phenoxy) is 1. The summed E-state index contributed by atoms with van der Waals surface area (Å²) >= 11 is 0. The molecule has 0 saturated carbocycles. The Hall–Kier alpha value is -2.03. The van der Waals surface area contributed by atoms with E-state index in [2.05, 4.69) is 16.7 Å². The normalized spacial score (nSPS) is 13.3. The van der Waals surface area contributed by atoms with Crippen LogP contribution in [-0.2, 0) is 24.1 Å². The van der Waals surface area contributed by atoms with Gasteiger partial charge in [0.05, 0.1) is 7.11 Å². The maximum Gasteiger partial charge on any atom is 0.354 e. The number of nitrogens with zero attached hydrogens (tertiary/aromatic N) is 1. The van der Waals surface area contributed by atoms with Crippen molar-refractivity contribution in [1.82, 2.24) is 4.57 Å². The van der Waals surface area contributed by atoms with Crippen molar-refractivity contribution in [3.63, 3.8) is 0 Å². The second-order valence-electron chi connectivity index (χ2n) is 4.92. The third kappa shape index (κ3) is 2.16. The smallest absolute Gasteiger partial charge is 0.354 e. The molecule has 1 aliphatic carbocycles. The molecular formula is C16H17NO2. The molecule has 19 heavy (non-hydrogen) atoms. The topological polar surface area (TPSA) is 31.2 Å². The molecule has 1 heterocycles. The Morgan fingerprint density at radius 2 is 2.05 bits per heavy atom. The van der Waals surface area contributed by atoms with Crippen molar-refractivity contribution in [1.29, 1.82) is 0 Å². The fourth-order valence-corrected chi connectivity index (χ4v) is 2.82. The Bertz CT molecular complexity index is 599. The molecule has 3 heteroatoms. The van der Waals surface area contributed by atoms with Gasteiger partial charge in [-0.25, -0.2) is 4.79 Å². The van der Waals surface area contributed by atoms with Gasteiger partial charge in [0.1, 0.15) is 5.69 Å². The lowest BCUT2D eigenvalue weighted by atomic mass is 10.2. The van der Waals surface area contributed by atoms with Gasteiger partial charge in [-0.2, -0.15) is 0 Å². The van der Waals surface area contributed by atoms with Crippen LogP contribution in [0.2, 0.25) is 0 Å². The molecule has 1 aromatic heterocycles. The highest BCUT2D eigenvalue weighted by Crippen LogP contribution is 2.27. The van der Waals surface area contributed by atoms with E-state index in [0.717, 1.165) is 19.4 Å². The van der Waals surface area contributed by atoms with E-state index >= 15 is 0 Å². The number of esters is 1. The highest BCUT2D eigenvalue weighted by Gasteiger charge is 2.23. The molecule has 0 fully saturated rings.